The van der Waals surface area contributed by atoms with E-state index in [0.29, 0.717) is 6.61 Å². The number of hydrogen-bond donors (Lipinski definition) is 2. The normalized spacial score (nSPS) is 13.8. The minimum atomic E-state index is -1.82. The zero-order valence-electron chi connectivity index (χ0n) is 13.4. The van der Waals surface area contributed by atoms with E-state index in [2.05, 4.69) is 17.0 Å². The minimum Gasteiger partial charge on any atom is -0.493 e. The summed E-state index contributed by atoms with van der Waals surface area (Å²) in [5.74, 6) is -1.98. The first kappa shape index (κ1) is 18.8. The maximum Gasteiger partial charge on any atom is 0.414 e. The van der Waals surface area contributed by atoms with Crippen LogP contribution < -0.4 is 9.47 Å². The number of ether oxygens (including phenoxy) is 2. The molecule has 1 heterocycles. The molecule has 0 amide bonds. The molecule has 0 radical (unpaired) electrons. The Kier molecular flexibility index (Phi) is 7.90. The van der Waals surface area contributed by atoms with Gasteiger partial charge in [0, 0.05) is 6.54 Å². The van der Waals surface area contributed by atoms with Crippen molar-refractivity contribution in [2.24, 2.45) is 0 Å². The van der Waals surface area contributed by atoms with Crippen molar-refractivity contribution in [3.05, 3.63) is 23.8 Å². The lowest BCUT2D eigenvalue weighted by Gasteiger charge is -2.16. The Balaban J connectivity index is 0.000000379. The van der Waals surface area contributed by atoms with Gasteiger partial charge in [-0.1, -0.05) is 6.07 Å². The molecule has 128 valence electrons. The number of benzene rings is 1. The predicted molar refractivity (Wildman–Crippen MR) is 83.9 cm³/mol. The van der Waals surface area contributed by atoms with Crippen LogP contribution in [0, 0.1) is 0 Å². The molecule has 1 aromatic rings. The molecule has 1 aromatic carbocycles. The van der Waals surface area contributed by atoms with Crippen LogP contribution in [0.15, 0.2) is 18.2 Å². The van der Waals surface area contributed by atoms with Crippen LogP contribution in [0.2, 0.25) is 0 Å². The number of methoxy groups -OCH3 is 1. The molecule has 2 rings (SSSR count). The van der Waals surface area contributed by atoms with E-state index >= 15 is 0 Å². The average molecular weight is 325 g/mol. The lowest BCUT2D eigenvalue weighted by Crippen LogP contribution is -2.18. The van der Waals surface area contributed by atoms with Crippen molar-refractivity contribution >= 4 is 11.9 Å². The molecule has 2 N–H and O–H groups in total. The van der Waals surface area contributed by atoms with Crippen molar-refractivity contribution in [2.75, 3.05) is 26.8 Å². The van der Waals surface area contributed by atoms with Gasteiger partial charge in [0.05, 0.1) is 13.7 Å². The van der Waals surface area contributed by atoms with Crippen LogP contribution in [0.25, 0.3) is 0 Å². The van der Waals surface area contributed by atoms with Gasteiger partial charge in [-0.3, -0.25) is 4.90 Å². The van der Waals surface area contributed by atoms with Gasteiger partial charge >= 0.3 is 11.9 Å². The monoisotopic (exact) mass is 325 g/mol. The highest BCUT2D eigenvalue weighted by Gasteiger charge is 2.13. The third kappa shape index (κ3) is 6.56. The second-order valence-corrected chi connectivity index (χ2v) is 5.01. The molecule has 1 fully saturated rings. The second kappa shape index (κ2) is 9.68. The van der Waals surface area contributed by atoms with Crippen molar-refractivity contribution in [2.45, 2.75) is 26.3 Å². The third-order valence-electron chi connectivity index (χ3n) is 3.32. The van der Waals surface area contributed by atoms with Crippen molar-refractivity contribution < 1.29 is 29.3 Å². The van der Waals surface area contributed by atoms with Gasteiger partial charge in [0.25, 0.3) is 0 Å². The van der Waals surface area contributed by atoms with E-state index in [-0.39, 0.29) is 0 Å². The zero-order valence-corrected chi connectivity index (χ0v) is 13.4. The summed E-state index contributed by atoms with van der Waals surface area (Å²) in [6.45, 7) is 6.10. The Labute approximate surface area is 135 Å². The minimum absolute atomic E-state index is 0.668. The molecule has 1 aliphatic heterocycles. The van der Waals surface area contributed by atoms with Crippen LogP contribution in [-0.2, 0) is 16.1 Å². The molecule has 0 aromatic heterocycles. The summed E-state index contributed by atoms with van der Waals surface area (Å²) in [4.78, 5) is 20.7. The maximum absolute atomic E-state index is 9.10. The third-order valence-corrected chi connectivity index (χ3v) is 3.32. The van der Waals surface area contributed by atoms with Crippen LogP contribution >= 0.6 is 0 Å². The molecule has 23 heavy (non-hydrogen) atoms. The van der Waals surface area contributed by atoms with Gasteiger partial charge in [-0.15, -0.1) is 0 Å². The van der Waals surface area contributed by atoms with Gasteiger partial charge in [0.15, 0.2) is 11.5 Å². The second-order valence-electron chi connectivity index (χ2n) is 5.01. The molecule has 7 nitrogen and oxygen atoms in total. The van der Waals surface area contributed by atoms with E-state index in [0.717, 1.165) is 18.0 Å². The average Bonchev–Trinajstić information content (AvgIpc) is 3.02. The molecular formula is C16H23NO6. The van der Waals surface area contributed by atoms with Gasteiger partial charge in [0.2, 0.25) is 0 Å². The number of aliphatic carboxylic acids is 2. The first-order chi connectivity index (χ1) is 11.0. The van der Waals surface area contributed by atoms with Crippen LogP contribution in [0.4, 0.5) is 0 Å². The molecular weight excluding hydrogens is 302 g/mol. The fourth-order valence-corrected chi connectivity index (χ4v) is 2.28. The summed E-state index contributed by atoms with van der Waals surface area (Å²) in [6.07, 6.45) is 2.66. The fourth-order valence-electron chi connectivity index (χ4n) is 2.28. The van der Waals surface area contributed by atoms with Crippen molar-refractivity contribution in [1.29, 1.82) is 0 Å². The topological polar surface area (TPSA) is 96.3 Å². The number of rotatable bonds is 5. The van der Waals surface area contributed by atoms with Crippen LogP contribution in [0.1, 0.15) is 25.3 Å². The Bertz CT molecular complexity index is 513. The highest BCUT2D eigenvalue weighted by Crippen LogP contribution is 2.28. The molecule has 1 aliphatic rings. The summed E-state index contributed by atoms with van der Waals surface area (Å²) >= 11 is 0. The van der Waals surface area contributed by atoms with E-state index in [4.69, 9.17) is 29.3 Å². The number of carbonyl (C=O) groups is 2. The smallest absolute Gasteiger partial charge is 0.414 e. The molecule has 0 spiro atoms. The summed E-state index contributed by atoms with van der Waals surface area (Å²) < 4.78 is 10.9. The summed E-state index contributed by atoms with van der Waals surface area (Å²) in [7, 11) is 1.69. The molecule has 0 aliphatic carbocycles. The SMILES string of the molecule is CCOc1ccc(CN2CCCC2)cc1OC.O=C(O)C(=O)O. The molecule has 7 heteroatoms. The molecule has 0 saturated carbocycles. The predicted octanol–water partition coefficient (Wildman–Crippen LogP) is 1.85. The summed E-state index contributed by atoms with van der Waals surface area (Å²) in [5.41, 5.74) is 1.30. The quantitative estimate of drug-likeness (QED) is 0.797. The van der Waals surface area contributed by atoms with Crippen molar-refractivity contribution in [3.63, 3.8) is 0 Å². The van der Waals surface area contributed by atoms with Gasteiger partial charge in [-0.05, 0) is 50.6 Å². The molecule has 0 bridgehead atoms. The Morgan fingerprint density at radius 3 is 2.22 bits per heavy atom. The first-order valence-corrected chi connectivity index (χ1v) is 7.46. The standard InChI is InChI=1S/C14H21NO2.C2H2O4/c1-3-17-13-7-6-12(10-14(13)16-2)11-15-8-4-5-9-15;3-1(4)2(5)6/h6-7,10H,3-5,8-9,11H2,1-2H3;(H,3,4)(H,5,6). The highest BCUT2D eigenvalue weighted by molar-refractivity contribution is 6.27. The number of nitrogens with zero attached hydrogens (tertiary/aromatic N) is 1. The van der Waals surface area contributed by atoms with E-state index in [9.17, 15) is 0 Å². The fraction of sp³-hybridized carbons (Fsp3) is 0.500. The number of carboxylic acids is 2. The van der Waals surface area contributed by atoms with Crippen molar-refractivity contribution in [3.8, 4) is 11.5 Å². The summed E-state index contributed by atoms with van der Waals surface area (Å²) in [6, 6.07) is 6.23. The number of hydrogen-bond acceptors (Lipinski definition) is 5. The van der Waals surface area contributed by atoms with Gasteiger partial charge in [-0.25, -0.2) is 9.59 Å². The van der Waals surface area contributed by atoms with Gasteiger partial charge in [0.1, 0.15) is 0 Å². The van der Waals surface area contributed by atoms with Crippen molar-refractivity contribution in [1.82, 2.24) is 4.90 Å². The number of carboxylic acid groups (broad SMARTS) is 2. The van der Waals surface area contributed by atoms with Crippen LogP contribution in [0.3, 0.4) is 0 Å². The zero-order chi connectivity index (χ0) is 17.2. The highest BCUT2D eigenvalue weighted by atomic mass is 16.5. The largest absolute Gasteiger partial charge is 0.493 e. The van der Waals surface area contributed by atoms with E-state index in [1.807, 2.05) is 13.0 Å². The lowest BCUT2D eigenvalue weighted by molar-refractivity contribution is -0.159. The van der Waals surface area contributed by atoms with E-state index in [1.165, 1.54) is 31.5 Å². The van der Waals surface area contributed by atoms with E-state index < -0.39 is 11.9 Å². The molecule has 0 unspecified atom stereocenters. The number of likely N-dealkylation sites (tertiary alicyclic amines) is 1. The van der Waals surface area contributed by atoms with E-state index in [1.54, 1.807) is 7.11 Å². The first-order valence-electron chi connectivity index (χ1n) is 7.46. The van der Waals surface area contributed by atoms with Gasteiger partial charge in [-0.2, -0.15) is 0 Å². The van der Waals surface area contributed by atoms with Gasteiger partial charge < -0.3 is 19.7 Å². The Morgan fingerprint density at radius 1 is 1.13 bits per heavy atom. The Hall–Kier alpha value is -2.28. The summed E-state index contributed by atoms with van der Waals surface area (Å²) in [5, 5.41) is 14.8. The van der Waals surface area contributed by atoms with Crippen LogP contribution in [0.5, 0.6) is 11.5 Å². The Morgan fingerprint density at radius 2 is 1.74 bits per heavy atom. The maximum atomic E-state index is 9.10. The lowest BCUT2D eigenvalue weighted by atomic mass is 10.2. The molecule has 1 saturated heterocycles. The van der Waals surface area contributed by atoms with Crippen LogP contribution in [-0.4, -0.2) is 53.9 Å². The molecule has 0 atom stereocenters.